The number of nitrogens with two attached hydrogens (primary N) is 1. The van der Waals surface area contributed by atoms with Crippen LogP contribution in [0.3, 0.4) is 0 Å². The van der Waals surface area contributed by atoms with Gasteiger partial charge >= 0.3 is 0 Å². The number of hydrogen-bond acceptors (Lipinski definition) is 2. The van der Waals surface area contributed by atoms with E-state index in [4.69, 9.17) is 5.73 Å². The molecule has 0 spiro atoms. The number of hydrogen-bond donors (Lipinski definition) is 2. The van der Waals surface area contributed by atoms with Gasteiger partial charge in [-0.2, -0.15) is 12.6 Å². The fourth-order valence-electron chi connectivity index (χ4n) is 1.07. The SMILES string of the molecule is NCc1cc(F)ccc1C#CCCS. The van der Waals surface area contributed by atoms with Crippen molar-refractivity contribution in [3.63, 3.8) is 0 Å². The zero-order valence-corrected chi connectivity index (χ0v) is 8.65. The maximum Gasteiger partial charge on any atom is 0.123 e. The summed E-state index contributed by atoms with van der Waals surface area (Å²) in [5.74, 6) is 6.34. The molecule has 1 aromatic carbocycles. The molecule has 0 unspecified atom stereocenters. The largest absolute Gasteiger partial charge is 0.326 e. The van der Waals surface area contributed by atoms with Gasteiger partial charge in [-0.25, -0.2) is 4.39 Å². The fourth-order valence-corrected chi connectivity index (χ4v) is 1.18. The van der Waals surface area contributed by atoms with Gasteiger partial charge in [-0.05, 0) is 23.8 Å². The molecule has 0 aliphatic carbocycles. The van der Waals surface area contributed by atoms with Gasteiger partial charge in [0.05, 0.1) is 0 Å². The van der Waals surface area contributed by atoms with Crippen molar-refractivity contribution in [2.45, 2.75) is 13.0 Å². The second kappa shape index (κ2) is 5.69. The van der Waals surface area contributed by atoms with E-state index in [0.717, 1.165) is 23.3 Å². The van der Waals surface area contributed by atoms with Gasteiger partial charge in [0.15, 0.2) is 0 Å². The van der Waals surface area contributed by atoms with E-state index in [9.17, 15) is 4.39 Å². The standard InChI is InChI=1S/C11H12FNS/c12-11-5-4-9(3-1-2-6-14)10(7-11)8-13/h4-5,7,14H,2,6,8,13H2. The van der Waals surface area contributed by atoms with E-state index in [2.05, 4.69) is 24.5 Å². The van der Waals surface area contributed by atoms with Gasteiger partial charge in [-0.15, -0.1) is 0 Å². The molecule has 1 rings (SSSR count). The second-order valence-electron chi connectivity index (χ2n) is 2.78. The van der Waals surface area contributed by atoms with Crippen LogP contribution in [-0.2, 0) is 6.54 Å². The third-order valence-electron chi connectivity index (χ3n) is 1.75. The van der Waals surface area contributed by atoms with Gasteiger partial charge in [0.1, 0.15) is 5.82 Å². The van der Waals surface area contributed by atoms with Crippen molar-refractivity contribution >= 4 is 12.6 Å². The molecule has 2 N–H and O–H groups in total. The van der Waals surface area contributed by atoms with Gasteiger partial charge in [-0.1, -0.05) is 11.8 Å². The van der Waals surface area contributed by atoms with Crippen molar-refractivity contribution in [1.82, 2.24) is 0 Å². The van der Waals surface area contributed by atoms with E-state index in [1.54, 1.807) is 6.07 Å². The highest BCUT2D eigenvalue weighted by molar-refractivity contribution is 7.80. The summed E-state index contributed by atoms with van der Waals surface area (Å²) in [6.45, 7) is 0.308. The number of thiol groups is 1. The van der Waals surface area contributed by atoms with Crippen LogP contribution in [0.15, 0.2) is 18.2 Å². The highest BCUT2D eigenvalue weighted by Crippen LogP contribution is 2.09. The van der Waals surface area contributed by atoms with Gasteiger partial charge in [-0.3, -0.25) is 0 Å². The molecule has 0 aliphatic rings. The topological polar surface area (TPSA) is 26.0 Å². The second-order valence-corrected chi connectivity index (χ2v) is 3.23. The minimum absolute atomic E-state index is 0.273. The predicted molar refractivity (Wildman–Crippen MR) is 59.6 cm³/mol. The molecule has 3 heteroatoms. The first-order valence-electron chi connectivity index (χ1n) is 4.36. The Morgan fingerprint density at radius 3 is 2.86 bits per heavy atom. The molecule has 0 aliphatic heterocycles. The lowest BCUT2D eigenvalue weighted by Gasteiger charge is -2.00. The number of rotatable bonds is 2. The molecular formula is C11H12FNS. The summed E-state index contributed by atoms with van der Waals surface area (Å²) in [5, 5.41) is 0. The molecule has 0 heterocycles. The maximum absolute atomic E-state index is 12.8. The van der Waals surface area contributed by atoms with Crippen molar-refractivity contribution in [3.8, 4) is 11.8 Å². The molecule has 0 saturated carbocycles. The molecule has 1 aromatic rings. The van der Waals surface area contributed by atoms with Gasteiger partial charge < -0.3 is 5.73 Å². The van der Waals surface area contributed by atoms with E-state index < -0.39 is 0 Å². The molecule has 74 valence electrons. The quantitative estimate of drug-likeness (QED) is 0.565. The normalized spacial score (nSPS) is 9.36. The van der Waals surface area contributed by atoms with E-state index in [1.807, 2.05) is 0 Å². The predicted octanol–water partition coefficient (Wildman–Crippen LogP) is 1.96. The molecule has 0 atom stereocenters. The summed E-state index contributed by atoms with van der Waals surface area (Å²) in [6.07, 6.45) is 0.727. The minimum Gasteiger partial charge on any atom is -0.326 e. The van der Waals surface area contributed by atoms with Crippen LogP contribution < -0.4 is 5.73 Å². The van der Waals surface area contributed by atoms with Crippen molar-refractivity contribution in [2.24, 2.45) is 5.73 Å². The maximum atomic E-state index is 12.8. The zero-order chi connectivity index (χ0) is 10.4. The first kappa shape index (κ1) is 11.1. The highest BCUT2D eigenvalue weighted by atomic mass is 32.1. The third kappa shape index (κ3) is 3.06. The molecule has 0 amide bonds. The average molecular weight is 209 g/mol. The van der Waals surface area contributed by atoms with Crippen LogP contribution in [0.5, 0.6) is 0 Å². The molecule has 14 heavy (non-hydrogen) atoms. The van der Waals surface area contributed by atoms with Crippen LogP contribution in [0.25, 0.3) is 0 Å². The van der Waals surface area contributed by atoms with Crippen LogP contribution in [0, 0.1) is 17.7 Å². The van der Waals surface area contributed by atoms with Gasteiger partial charge in [0, 0.05) is 24.3 Å². The molecule has 0 fully saturated rings. The van der Waals surface area contributed by atoms with E-state index in [-0.39, 0.29) is 5.82 Å². The molecule has 0 saturated heterocycles. The van der Waals surface area contributed by atoms with Crippen LogP contribution in [-0.4, -0.2) is 5.75 Å². The van der Waals surface area contributed by atoms with Crippen LogP contribution >= 0.6 is 12.6 Å². The summed E-state index contributed by atoms with van der Waals surface area (Å²) < 4.78 is 12.8. The Balaban J connectivity index is 2.92. The van der Waals surface area contributed by atoms with E-state index in [1.165, 1.54) is 12.1 Å². The van der Waals surface area contributed by atoms with Gasteiger partial charge in [0.2, 0.25) is 0 Å². The summed E-state index contributed by atoms with van der Waals surface area (Å²) >= 11 is 4.04. The van der Waals surface area contributed by atoms with Crippen molar-refractivity contribution in [3.05, 3.63) is 35.1 Å². The Morgan fingerprint density at radius 1 is 1.43 bits per heavy atom. The third-order valence-corrected chi connectivity index (χ3v) is 1.97. The monoisotopic (exact) mass is 209 g/mol. The first-order chi connectivity index (χ1) is 6.77. The smallest absolute Gasteiger partial charge is 0.123 e. The molecule has 0 bridgehead atoms. The summed E-state index contributed by atoms with van der Waals surface area (Å²) in [4.78, 5) is 0. The molecule has 1 nitrogen and oxygen atoms in total. The van der Waals surface area contributed by atoms with Crippen molar-refractivity contribution in [1.29, 1.82) is 0 Å². The zero-order valence-electron chi connectivity index (χ0n) is 7.76. The average Bonchev–Trinajstić information content (AvgIpc) is 2.20. The minimum atomic E-state index is -0.273. The van der Waals surface area contributed by atoms with Gasteiger partial charge in [0.25, 0.3) is 0 Å². The van der Waals surface area contributed by atoms with Crippen molar-refractivity contribution in [2.75, 3.05) is 5.75 Å². The lowest BCUT2D eigenvalue weighted by Crippen LogP contribution is -2.00. The number of halogens is 1. The lowest BCUT2D eigenvalue weighted by atomic mass is 10.1. The Morgan fingerprint density at radius 2 is 2.21 bits per heavy atom. The molecular weight excluding hydrogens is 197 g/mol. The van der Waals surface area contributed by atoms with E-state index in [0.29, 0.717) is 6.54 Å². The summed E-state index contributed by atoms with van der Waals surface area (Å²) in [6, 6.07) is 4.47. The van der Waals surface area contributed by atoms with E-state index >= 15 is 0 Å². The Kier molecular flexibility index (Phi) is 4.51. The Labute approximate surface area is 88.9 Å². The van der Waals surface area contributed by atoms with Crippen LogP contribution in [0.1, 0.15) is 17.5 Å². The molecule has 0 aromatic heterocycles. The fraction of sp³-hybridized carbons (Fsp3) is 0.273. The summed E-state index contributed by atoms with van der Waals surface area (Å²) in [5.41, 5.74) is 7.02. The Hall–Kier alpha value is -0.980. The van der Waals surface area contributed by atoms with Crippen LogP contribution in [0.4, 0.5) is 4.39 Å². The van der Waals surface area contributed by atoms with Crippen LogP contribution in [0.2, 0.25) is 0 Å². The first-order valence-corrected chi connectivity index (χ1v) is 4.99. The van der Waals surface area contributed by atoms with Crippen molar-refractivity contribution < 1.29 is 4.39 Å². The lowest BCUT2D eigenvalue weighted by molar-refractivity contribution is 0.625. The number of benzene rings is 1. The highest BCUT2D eigenvalue weighted by Gasteiger charge is 1.99. The Bertz CT molecular complexity index is 365. The molecule has 0 radical (unpaired) electrons. The summed E-state index contributed by atoms with van der Waals surface area (Å²) in [7, 11) is 0.